The van der Waals surface area contributed by atoms with Gasteiger partial charge in [0.2, 0.25) is 6.79 Å². The van der Waals surface area contributed by atoms with Gasteiger partial charge < -0.3 is 19.3 Å². The maximum absolute atomic E-state index is 10.8. The Bertz CT molecular complexity index is 489. The van der Waals surface area contributed by atoms with Gasteiger partial charge in [-0.05, 0) is 32.4 Å². The Hall–Kier alpha value is -1.95. The lowest BCUT2D eigenvalue weighted by molar-refractivity contribution is -0.138. The van der Waals surface area contributed by atoms with Gasteiger partial charge in [0, 0.05) is 18.7 Å². The third-order valence-corrected chi connectivity index (χ3v) is 3.27. The van der Waals surface area contributed by atoms with Crippen LogP contribution in [-0.4, -0.2) is 48.5 Å². The molecule has 2 rings (SSSR count). The fourth-order valence-corrected chi connectivity index (χ4v) is 2.12. The number of carboxylic acids is 1. The summed E-state index contributed by atoms with van der Waals surface area (Å²) < 4.78 is 16.2. The topological polar surface area (TPSA) is 68.2 Å². The number of rotatable bonds is 8. The summed E-state index contributed by atoms with van der Waals surface area (Å²) in [7, 11) is 0. The maximum atomic E-state index is 10.8. The smallest absolute Gasteiger partial charge is 0.317 e. The van der Waals surface area contributed by atoms with E-state index in [1.807, 2.05) is 30.9 Å². The summed E-state index contributed by atoms with van der Waals surface area (Å²) in [5.41, 5.74) is 0. The van der Waals surface area contributed by atoms with Crippen molar-refractivity contribution in [3.05, 3.63) is 18.2 Å². The lowest BCUT2D eigenvalue weighted by Crippen LogP contribution is -2.36. The van der Waals surface area contributed by atoms with E-state index in [0.717, 1.165) is 17.9 Å². The second kappa shape index (κ2) is 7.17. The van der Waals surface area contributed by atoms with Gasteiger partial charge >= 0.3 is 5.97 Å². The van der Waals surface area contributed by atoms with Crippen LogP contribution >= 0.6 is 0 Å². The van der Waals surface area contributed by atoms with Crippen LogP contribution in [-0.2, 0) is 4.79 Å². The fraction of sp³-hybridized carbons (Fsp3) is 0.533. The van der Waals surface area contributed by atoms with Crippen LogP contribution in [0, 0.1) is 0 Å². The van der Waals surface area contributed by atoms with E-state index in [-0.39, 0.29) is 19.4 Å². The second-order valence-corrected chi connectivity index (χ2v) is 5.18. The van der Waals surface area contributed by atoms with Crippen LogP contribution in [0.5, 0.6) is 17.2 Å². The molecule has 6 heteroatoms. The van der Waals surface area contributed by atoms with Gasteiger partial charge in [-0.3, -0.25) is 9.69 Å². The fourth-order valence-electron chi connectivity index (χ4n) is 2.12. The van der Waals surface area contributed by atoms with Gasteiger partial charge in [0.15, 0.2) is 11.5 Å². The molecule has 0 aliphatic carbocycles. The van der Waals surface area contributed by atoms with Gasteiger partial charge in [0.05, 0.1) is 13.2 Å². The Labute approximate surface area is 124 Å². The molecule has 0 atom stereocenters. The summed E-state index contributed by atoms with van der Waals surface area (Å²) in [5.74, 6) is 1.35. The normalized spacial score (nSPS) is 13.0. The highest BCUT2D eigenvalue weighted by Gasteiger charge is 2.14. The first-order chi connectivity index (χ1) is 10.1. The molecule has 0 aromatic heterocycles. The van der Waals surface area contributed by atoms with Crippen LogP contribution in [0.15, 0.2) is 18.2 Å². The minimum absolute atomic E-state index is 0.0572. The predicted octanol–water partition coefficient (Wildman–Crippen LogP) is 1.98. The molecule has 0 bridgehead atoms. The number of fused-ring (bicyclic) bond motifs is 1. The zero-order valence-electron chi connectivity index (χ0n) is 12.4. The van der Waals surface area contributed by atoms with Crippen molar-refractivity contribution in [1.82, 2.24) is 4.90 Å². The van der Waals surface area contributed by atoms with Crippen LogP contribution in [0.2, 0.25) is 0 Å². The Balaban J connectivity index is 1.75. The second-order valence-electron chi connectivity index (χ2n) is 5.18. The number of carboxylic acid groups (broad SMARTS) is 1. The van der Waals surface area contributed by atoms with Gasteiger partial charge in [0.25, 0.3) is 0 Å². The molecule has 21 heavy (non-hydrogen) atoms. The van der Waals surface area contributed by atoms with E-state index in [4.69, 9.17) is 19.3 Å². The Morgan fingerprint density at radius 3 is 2.86 bits per heavy atom. The highest BCUT2D eigenvalue weighted by molar-refractivity contribution is 5.69. The average Bonchev–Trinajstić information content (AvgIpc) is 2.89. The molecule has 1 aromatic rings. The number of nitrogens with zero attached hydrogens (tertiary/aromatic N) is 1. The quantitative estimate of drug-likeness (QED) is 0.740. The highest BCUT2D eigenvalue weighted by Crippen LogP contribution is 2.35. The van der Waals surface area contributed by atoms with E-state index in [2.05, 4.69) is 0 Å². The molecular weight excluding hydrogens is 274 g/mol. The molecule has 0 spiro atoms. The summed E-state index contributed by atoms with van der Waals surface area (Å²) in [6.45, 7) is 5.50. The maximum Gasteiger partial charge on any atom is 0.317 e. The third kappa shape index (κ3) is 4.53. The molecule has 0 radical (unpaired) electrons. The van der Waals surface area contributed by atoms with Crippen LogP contribution in [0.3, 0.4) is 0 Å². The van der Waals surface area contributed by atoms with E-state index in [1.54, 1.807) is 6.07 Å². The van der Waals surface area contributed by atoms with E-state index in [1.165, 1.54) is 0 Å². The van der Waals surface area contributed by atoms with E-state index in [9.17, 15) is 4.79 Å². The van der Waals surface area contributed by atoms with Crippen molar-refractivity contribution < 1.29 is 24.1 Å². The van der Waals surface area contributed by atoms with Crippen LogP contribution in [0.4, 0.5) is 0 Å². The number of ether oxygens (including phenoxy) is 3. The minimum Gasteiger partial charge on any atom is -0.493 e. The largest absolute Gasteiger partial charge is 0.493 e. The first-order valence-electron chi connectivity index (χ1n) is 7.04. The number of aliphatic carboxylic acids is 1. The van der Waals surface area contributed by atoms with Gasteiger partial charge in [-0.25, -0.2) is 0 Å². The van der Waals surface area contributed by atoms with Crippen LogP contribution < -0.4 is 14.2 Å². The van der Waals surface area contributed by atoms with E-state index < -0.39 is 5.97 Å². The van der Waals surface area contributed by atoms with Gasteiger partial charge in [-0.2, -0.15) is 0 Å². The summed E-state index contributed by atoms with van der Waals surface area (Å²) in [4.78, 5) is 12.7. The molecule has 116 valence electrons. The molecule has 1 heterocycles. The Kier molecular flexibility index (Phi) is 5.27. The number of hydrogen-bond donors (Lipinski definition) is 1. The Morgan fingerprint density at radius 2 is 2.14 bits per heavy atom. The SMILES string of the molecule is CC(C)N(CCCOc1ccc2c(c1)OCO2)CC(=O)O. The first-order valence-corrected chi connectivity index (χ1v) is 7.04. The van der Waals surface area contributed by atoms with Crippen LogP contribution in [0.25, 0.3) is 0 Å². The molecule has 6 nitrogen and oxygen atoms in total. The van der Waals surface area contributed by atoms with Crippen molar-refractivity contribution in [3.63, 3.8) is 0 Å². The molecule has 1 aliphatic rings. The third-order valence-electron chi connectivity index (χ3n) is 3.27. The predicted molar refractivity (Wildman–Crippen MR) is 77.0 cm³/mol. The zero-order chi connectivity index (χ0) is 15.2. The van der Waals surface area contributed by atoms with E-state index in [0.29, 0.717) is 18.9 Å². The molecular formula is C15H21NO5. The molecule has 1 N–H and O–H groups in total. The number of carbonyl (C=O) groups is 1. The van der Waals surface area contributed by atoms with Crippen molar-refractivity contribution in [2.24, 2.45) is 0 Å². The lowest BCUT2D eigenvalue weighted by atomic mass is 10.3. The van der Waals surface area contributed by atoms with Crippen molar-refractivity contribution in [1.29, 1.82) is 0 Å². The molecule has 0 saturated carbocycles. The summed E-state index contributed by atoms with van der Waals surface area (Å²) in [6.07, 6.45) is 0.764. The standard InChI is InChI=1S/C15H21NO5/c1-11(2)16(9-15(17)18)6-3-7-19-12-4-5-13-14(8-12)21-10-20-13/h4-5,8,11H,3,6-7,9-10H2,1-2H3,(H,17,18). The Morgan fingerprint density at radius 1 is 1.38 bits per heavy atom. The van der Waals surface area contributed by atoms with Crippen molar-refractivity contribution in [2.75, 3.05) is 26.5 Å². The zero-order valence-corrected chi connectivity index (χ0v) is 12.4. The molecule has 0 saturated heterocycles. The van der Waals surface area contributed by atoms with Crippen molar-refractivity contribution in [3.8, 4) is 17.2 Å². The molecule has 1 aliphatic heterocycles. The number of hydrogen-bond acceptors (Lipinski definition) is 5. The van der Waals surface area contributed by atoms with Crippen LogP contribution in [0.1, 0.15) is 20.3 Å². The molecule has 0 unspecified atom stereocenters. The summed E-state index contributed by atoms with van der Waals surface area (Å²) in [6, 6.07) is 5.67. The molecule has 1 aromatic carbocycles. The van der Waals surface area contributed by atoms with E-state index >= 15 is 0 Å². The summed E-state index contributed by atoms with van der Waals surface area (Å²) >= 11 is 0. The lowest BCUT2D eigenvalue weighted by Gasteiger charge is -2.24. The number of benzene rings is 1. The summed E-state index contributed by atoms with van der Waals surface area (Å²) in [5, 5.41) is 8.86. The molecule has 0 fully saturated rings. The van der Waals surface area contributed by atoms with Gasteiger partial charge in [-0.1, -0.05) is 0 Å². The average molecular weight is 295 g/mol. The van der Waals surface area contributed by atoms with Gasteiger partial charge in [0.1, 0.15) is 5.75 Å². The van der Waals surface area contributed by atoms with Gasteiger partial charge in [-0.15, -0.1) is 0 Å². The monoisotopic (exact) mass is 295 g/mol. The van der Waals surface area contributed by atoms with Crippen molar-refractivity contribution in [2.45, 2.75) is 26.3 Å². The molecule has 0 amide bonds. The minimum atomic E-state index is -0.805. The first kappa shape index (κ1) is 15.4. The van der Waals surface area contributed by atoms with Crippen molar-refractivity contribution >= 4 is 5.97 Å². The highest BCUT2D eigenvalue weighted by atomic mass is 16.7.